The number of amidine groups is 1. The Morgan fingerprint density at radius 3 is 3.00 bits per heavy atom. The lowest BCUT2D eigenvalue weighted by Gasteiger charge is -2.16. The summed E-state index contributed by atoms with van der Waals surface area (Å²) in [6, 6.07) is 1.99. The summed E-state index contributed by atoms with van der Waals surface area (Å²) in [7, 11) is 0. The van der Waals surface area contributed by atoms with E-state index < -0.39 is 0 Å². The van der Waals surface area contributed by atoms with Crippen molar-refractivity contribution in [2.24, 2.45) is 10.7 Å². The zero-order valence-electron chi connectivity index (χ0n) is 13.1. The highest BCUT2D eigenvalue weighted by atomic mass is 16.5. The third-order valence-corrected chi connectivity index (χ3v) is 3.93. The molecule has 1 aromatic heterocycles. The van der Waals surface area contributed by atoms with Crippen LogP contribution in [0.25, 0.3) is 5.70 Å². The first-order valence-electron chi connectivity index (χ1n) is 7.46. The number of rotatable bonds is 4. The molecule has 1 aromatic rings. The van der Waals surface area contributed by atoms with Gasteiger partial charge >= 0.3 is 0 Å². The summed E-state index contributed by atoms with van der Waals surface area (Å²) in [4.78, 5) is 4.39. The van der Waals surface area contributed by atoms with E-state index in [2.05, 4.69) is 23.2 Å². The van der Waals surface area contributed by atoms with Crippen LogP contribution in [0.2, 0.25) is 0 Å². The summed E-state index contributed by atoms with van der Waals surface area (Å²) in [6.07, 6.45) is 3.75. The van der Waals surface area contributed by atoms with Crippen LogP contribution in [0.5, 0.6) is 5.88 Å². The number of aliphatic hydroxyl groups excluding tert-OH is 1. The molecular weight excluding hydrogens is 306 g/mol. The van der Waals surface area contributed by atoms with Gasteiger partial charge in [0.2, 0.25) is 5.88 Å². The number of aryl methyl sites for hydroxylation is 1. The molecule has 7 nitrogen and oxygen atoms in total. The van der Waals surface area contributed by atoms with E-state index in [4.69, 9.17) is 15.7 Å². The van der Waals surface area contributed by atoms with E-state index in [0.717, 1.165) is 6.42 Å². The molecule has 3 heterocycles. The van der Waals surface area contributed by atoms with E-state index in [1.54, 1.807) is 10.8 Å². The lowest BCUT2D eigenvalue weighted by Crippen LogP contribution is -2.15. The standard InChI is InChI=1S/C17H17N5O2/c1-3-11(5-6-18)13-10(2)16(19)20-15(13)14-12(9-23)21-22-7-4-8-24-17(14)22/h3,5,23H,1-2,4,7-9H2,(H2,19,20)/b11-5-. The lowest BCUT2D eigenvalue weighted by atomic mass is 9.95. The molecule has 24 heavy (non-hydrogen) atoms. The largest absolute Gasteiger partial charge is 0.477 e. The number of nitriles is 1. The number of nitrogens with zero attached hydrogens (tertiary/aromatic N) is 4. The summed E-state index contributed by atoms with van der Waals surface area (Å²) in [5, 5.41) is 23.1. The number of aliphatic hydroxyl groups is 1. The average Bonchev–Trinajstić information content (AvgIpc) is 3.10. The topological polar surface area (TPSA) is 109 Å². The molecule has 0 atom stereocenters. The maximum atomic E-state index is 9.70. The monoisotopic (exact) mass is 323 g/mol. The highest BCUT2D eigenvalue weighted by Gasteiger charge is 2.31. The number of fused-ring (bicyclic) bond motifs is 1. The van der Waals surface area contributed by atoms with Crippen LogP contribution in [0.15, 0.2) is 47.0 Å². The summed E-state index contributed by atoms with van der Waals surface area (Å²) in [6.45, 7) is 8.70. The molecule has 0 spiro atoms. The van der Waals surface area contributed by atoms with Gasteiger partial charge in [-0.2, -0.15) is 10.4 Å². The van der Waals surface area contributed by atoms with Gasteiger partial charge in [0.15, 0.2) is 0 Å². The van der Waals surface area contributed by atoms with E-state index >= 15 is 0 Å². The minimum absolute atomic E-state index is 0.255. The van der Waals surface area contributed by atoms with Gasteiger partial charge < -0.3 is 15.6 Å². The molecule has 0 aromatic carbocycles. The lowest BCUT2D eigenvalue weighted by molar-refractivity contribution is 0.229. The van der Waals surface area contributed by atoms with E-state index in [1.807, 2.05) is 6.07 Å². The van der Waals surface area contributed by atoms with Crippen LogP contribution in [0.4, 0.5) is 0 Å². The highest BCUT2D eigenvalue weighted by Crippen LogP contribution is 2.41. The Hall–Kier alpha value is -3.11. The first-order chi connectivity index (χ1) is 11.6. The predicted molar refractivity (Wildman–Crippen MR) is 89.8 cm³/mol. The molecule has 0 saturated carbocycles. The molecule has 2 aliphatic heterocycles. The molecule has 7 heteroatoms. The van der Waals surface area contributed by atoms with Crippen molar-refractivity contribution in [2.75, 3.05) is 6.61 Å². The van der Waals surface area contributed by atoms with Crippen molar-refractivity contribution in [1.82, 2.24) is 9.78 Å². The van der Waals surface area contributed by atoms with Crippen LogP contribution in [0, 0.1) is 11.3 Å². The van der Waals surface area contributed by atoms with Crippen molar-refractivity contribution in [3.63, 3.8) is 0 Å². The van der Waals surface area contributed by atoms with E-state index in [1.165, 1.54) is 6.08 Å². The van der Waals surface area contributed by atoms with Crippen molar-refractivity contribution < 1.29 is 9.84 Å². The van der Waals surface area contributed by atoms with Gasteiger partial charge in [-0.1, -0.05) is 19.2 Å². The predicted octanol–water partition coefficient (Wildman–Crippen LogP) is 1.43. The molecular formula is C17H17N5O2. The number of aromatic nitrogens is 2. The van der Waals surface area contributed by atoms with Gasteiger partial charge in [-0.25, -0.2) is 9.67 Å². The fraction of sp³-hybridized carbons (Fsp3) is 0.235. The van der Waals surface area contributed by atoms with E-state index in [-0.39, 0.29) is 12.4 Å². The Kier molecular flexibility index (Phi) is 4.06. The fourth-order valence-corrected chi connectivity index (χ4v) is 2.83. The summed E-state index contributed by atoms with van der Waals surface area (Å²) >= 11 is 0. The molecule has 0 aliphatic carbocycles. The average molecular weight is 323 g/mol. The maximum absolute atomic E-state index is 9.70. The number of hydrogen-bond acceptors (Lipinski definition) is 6. The van der Waals surface area contributed by atoms with Crippen molar-refractivity contribution in [1.29, 1.82) is 5.26 Å². The van der Waals surface area contributed by atoms with Gasteiger partial charge in [-0.05, 0) is 5.57 Å². The third kappa shape index (κ3) is 2.33. The Morgan fingerprint density at radius 1 is 1.54 bits per heavy atom. The summed E-state index contributed by atoms with van der Waals surface area (Å²) < 4.78 is 7.46. The maximum Gasteiger partial charge on any atom is 0.221 e. The first kappa shape index (κ1) is 15.8. The number of hydrogen-bond donors (Lipinski definition) is 2. The number of ether oxygens (including phenoxy) is 1. The molecule has 0 amide bonds. The smallest absolute Gasteiger partial charge is 0.221 e. The third-order valence-electron chi connectivity index (χ3n) is 3.93. The van der Waals surface area contributed by atoms with Gasteiger partial charge in [-0.3, -0.25) is 0 Å². The highest BCUT2D eigenvalue weighted by molar-refractivity contribution is 6.12. The zero-order chi connectivity index (χ0) is 17.3. The minimum atomic E-state index is -0.261. The van der Waals surface area contributed by atoms with Crippen LogP contribution >= 0.6 is 0 Å². The first-order valence-corrected chi connectivity index (χ1v) is 7.46. The van der Waals surface area contributed by atoms with Crippen molar-refractivity contribution >= 4 is 11.5 Å². The number of aliphatic imine (C=N–C) groups is 1. The van der Waals surface area contributed by atoms with Gasteiger partial charge in [-0.15, -0.1) is 0 Å². The minimum Gasteiger partial charge on any atom is -0.477 e. The second-order valence-electron chi connectivity index (χ2n) is 5.34. The van der Waals surface area contributed by atoms with E-state index in [0.29, 0.717) is 52.7 Å². The molecule has 0 unspecified atom stereocenters. The SMILES string of the molecule is C=C/C(=C/C#N)C1=C(c2c(CO)nn3c2OCCC3)N=C(N)C1=C. The Morgan fingerprint density at radius 2 is 2.33 bits per heavy atom. The van der Waals surface area contributed by atoms with Crippen molar-refractivity contribution in [2.45, 2.75) is 19.6 Å². The second-order valence-corrected chi connectivity index (χ2v) is 5.34. The molecule has 0 fully saturated rings. The van der Waals surface area contributed by atoms with Gasteiger partial charge in [0.05, 0.1) is 30.5 Å². The van der Waals surface area contributed by atoms with Gasteiger partial charge in [0.25, 0.3) is 0 Å². The Balaban J connectivity index is 2.29. The summed E-state index contributed by atoms with van der Waals surface area (Å²) in [5.41, 5.74) is 9.14. The second kappa shape index (κ2) is 6.18. The van der Waals surface area contributed by atoms with Crippen LogP contribution in [0.1, 0.15) is 17.7 Å². The molecule has 0 saturated heterocycles. The molecule has 3 N–H and O–H groups in total. The van der Waals surface area contributed by atoms with Crippen LogP contribution in [-0.2, 0) is 13.2 Å². The normalized spacial score (nSPS) is 17.2. The van der Waals surface area contributed by atoms with E-state index in [9.17, 15) is 5.11 Å². The Bertz CT molecular complexity index is 864. The van der Waals surface area contributed by atoms with Crippen LogP contribution < -0.4 is 10.5 Å². The van der Waals surface area contributed by atoms with Crippen LogP contribution in [0.3, 0.4) is 0 Å². The quantitative estimate of drug-likeness (QED) is 0.643. The van der Waals surface area contributed by atoms with Gasteiger partial charge in [0, 0.05) is 30.2 Å². The molecule has 122 valence electrons. The molecule has 2 aliphatic rings. The molecule has 0 radical (unpaired) electrons. The van der Waals surface area contributed by atoms with Crippen LogP contribution in [-0.4, -0.2) is 27.3 Å². The Labute approximate surface area is 139 Å². The molecule has 0 bridgehead atoms. The van der Waals surface area contributed by atoms with Crippen molar-refractivity contribution in [3.8, 4) is 11.9 Å². The molecule has 3 rings (SSSR count). The number of nitrogens with two attached hydrogens (primary N) is 1. The summed E-state index contributed by atoms with van der Waals surface area (Å²) in [5.74, 6) is 0.801. The number of allylic oxidation sites excluding steroid dienone is 3. The van der Waals surface area contributed by atoms with Gasteiger partial charge in [0.1, 0.15) is 11.5 Å². The zero-order valence-corrected chi connectivity index (χ0v) is 13.1. The fourth-order valence-electron chi connectivity index (χ4n) is 2.83. The van der Waals surface area contributed by atoms with Crippen molar-refractivity contribution in [3.05, 3.63) is 53.3 Å².